The first-order valence-electron chi connectivity index (χ1n) is 8.00. The van der Waals surface area contributed by atoms with Crippen molar-refractivity contribution in [3.8, 4) is 0 Å². The van der Waals surface area contributed by atoms with Crippen LogP contribution < -0.4 is 5.69 Å². The highest BCUT2D eigenvalue weighted by molar-refractivity contribution is 7.98. The minimum absolute atomic E-state index is 0.0743. The molecule has 1 aromatic carbocycles. The zero-order valence-electron chi connectivity index (χ0n) is 13.3. The van der Waals surface area contributed by atoms with Crippen LogP contribution in [0.1, 0.15) is 42.1 Å². The predicted octanol–water partition coefficient (Wildman–Crippen LogP) is 3.74. The van der Waals surface area contributed by atoms with Crippen LogP contribution in [0, 0.1) is 6.92 Å². The van der Waals surface area contributed by atoms with Crippen LogP contribution in [-0.4, -0.2) is 9.55 Å². The fraction of sp³-hybridized carbons (Fsp3) is 0.444. The largest absolute Gasteiger partial charge is 0.348 e. The molecule has 1 aromatic heterocycles. The van der Waals surface area contributed by atoms with Gasteiger partial charge in [0.15, 0.2) is 0 Å². The maximum atomic E-state index is 12.3. The summed E-state index contributed by atoms with van der Waals surface area (Å²) in [5, 5.41) is 0.952. The zero-order chi connectivity index (χ0) is 15.5. The van der Waals surface area contributed by atoms with Crippen LogP contribution in [0.2, 0.25) is 0 Å². The highest BCUT2D eigenvalue weighted by Crippen LogP contribution is 2.31. The van der Waals surface area contributed by atoms with Crippen molar-refractivity contribution in [1.29, 1.82) is 0 Å². The lowest BCUT2D eigenvalue weighted by Gasteiger charge is -2.13. The second-order valence-corrected chi connectivity index (χ2v) is 6.81. The molecule has 0 saturated heterocycles. The number of hydrogen-bond acceptors (Lipinski definition) is 3. The Morgan fingerprint density at radius 3 is 2.86 bits per heavy atom. The van der Waals surface area contributed by atoms with Gasteiger partial charge in [-0.05, 0) is 43.7 Å². The fourth-order valence-corrected chi connectivity index (χ4v) is 4.23. The Morgan fingerprint density at radius 2 is 2.09 bits per heavy atom. The van der Waals surface area contributed by atoms with Gasteiger partial charge in [-0.15, -0.1) is 11.8 Å². The first-order valence-corrected chi connectivity index (χ1v) is 8.99. The number of benzene rings is 1. The van der Waals surface area contributed by atoms with Gasteiger partial charge < -0.3 is 0 Å². The molecule has 1 aliphatic rings. The summed E-state index contributed by atoms with van der Waals surface area (Å²) in [6.45, 7) is 5.03. The van der Waals surface area contributed by atoms with Gasteiger partial charge in [0.1, 0.15) is 5.03 Å². The second-order valence-electron chi connectivity index (χ2n) is 5.85. The third kappa shape index (κ3) is 2.98. The van der Waals surface area contributed by atoms with E-state index in [1.807, 2.05) is 4.57 Å². The van der Waals surface area contributed by atoms with Gasteiger partial charge in [-0.3, -0.25) is 4.57 Å². The lowest BCUT2D eigenvalue weighted by molar-refractivity contribution is 0.597. The highest BCUT2D eigenvalue weighted by Gasteiger charge is 2.21. The number of thioether (sulfide) groups is 1. The molecule has 0 unspecified atom stereocenters. The Morgan fingerprint density at radius 1 is 1.27 bits per heavy atom. The normalized spacial score (nSPS) is 13.4. The highest BCUT2D eigenvalue weighted by atomic mass is 32.2. The summed E-state index contributed by atoms with van der Waals surface area (Å²) in [5.41, 5.74) is 5.08. The quantitative estimate of drug-likeness (QED) is 0.623. The van der Waals surface area contributed by atoms with Gasteiger partial charge in [0.2, 0.25) is 0 Å². The SMILES string of the molecule is CCCn1c2c(c(SCc3ccccc3C)nc1=O)CCC2. The second kappa shape index (κ2) is 6.69. The van der Waals surface area contributed by atoms with Crippen LogP contribution in [0.25, 0.3) is 0 Å². The van der Waals surface area contributed by atoms with Crippen molar-refractivity contribution in [1.82, 2.24) is 9.55 Å². The van der Waals surface area contributed by atoms with Gasteiger partial charge in [0, 0.05) is 23.6 Å². The molecule has 0 bridgehead atoms. The van der Waals surface area contributed by atoms with E-state index >= 15 is 0 Å². The van der Waals surface area contributed by atoms with E-state index in [2.05, 4.69) is 43.1 Å². The molecule has 0 amide bonds. The summed E-state index contributed by atoms with van der Waals surface area (Å²) in [7, 11) is 0. The minimum atomic E-state index is -0.0743. The average molecular weight is 314 g/mol. The van der Waals surface area contributed by atoms with Crippen molar-refractivity contribution >= 4 is 11.8 Å². The monoisotopic (exact) mass is 314 g/mol. The summed E-state index contributed by atoms with van der Waals surface area (Å²) in [6, 6.07) is 8.42. The Balaban J connectivity index is 1.89. The Labute approximate surface area is 135 Å². The topological polar surface area (TPSA) is 34.9 Å². The molecular weight excluding hydrogens is 292 g/mol. The number of aromatic nitrogens is 2. The molecule has 0 aliphatic heterocycles. The molecular formula is C18H22N2OS. The first-order chi connectivity index (χ1) is 10.7. The molecule has 1 aliphatic carbocycles. The van der Waals surface area contributed by atoms with Crippen molar-refractivity contribution in [2.75, 3.05) is 0 Å². The van der Waals surface area contributed by atoms with Crippen molar-refractivity contribution in [3.63, 3.8) is 0 Å². The number of rotatable bonds is 5. The van der Waals surface area contributed by atoms with E-state index in [0.717, 1.165) is 43.0 Å². The van der Waals surface area contributed by atoms with Crippen LogP contribution in [0.5, 0.6) is 0 Å². The third-order valence-corrected chi connectivity index (χ3v) is 5.34. The van der Waals surface area contributed by atoms with Gasteiger partial charge >= 0.3 is 5.69 Å². The maximum absolute atomic E-state index is 12.3. The van der Waals surface area contributed by atoms with Gasteiger partial charge in [-0.1, -0.05) is 31.2 Å². The van der Waals surface area contributed by atoms with E-state index in [1.54, 1.807) is 11.8 Å². The molecule has 3 nitrogen and oxygen atoms in total. The summed E-state index contributed by atoms with van der Waals surface area (Å²) >= 11 is 1.71. The maximum Gasteiger partial charge on any atom is 0.348 e. The fourth-order valence-electron chi connectivity index (χ4n) is 3.08. The van der Waals surface area contributed by atoms with Gasteiger partial charge in [0.25, 0.3) is 0 Å². The van der Waals surface area contributed by atoms with E-state index in [-0.39, 0.29) is 5.69 Å². The van der Waals surface area contributed by atoms with Crippen molar-refractivity contribution in [2.24, 2.45) is 0 Å². The van der Waals surface area contributed by atoms with Gasteiger partial charge in [0.05, 0.1) is 0 Å². The minimum Gasteiger partial charge on any atom is -0.296 e. The van der Waals surface area contributed by atoms with Crippen LogP contribution in [-0.2, 0) is 25.1 Å². The van der Waals surface area contributed by atoms with E-state index in [9.17, 15) is 4.79 Å². The van der Waals surface area contributed by atoms with E-state index < -0.39 is 0 Å². The summed E-state index contributed by atoms with van der Waals surface area (Å²) in [5.74, 6) is 0.878. The Hall–Kier alpha value is -1.55. The van der Waals surface area contributed by atoms with Crippen molar-refractivity contribution in [2.45, 2.75) is 56.9 Å². The van der Waals surface area contributed by atoms with E-state index in [4.69, 9.17) is 0 Å². The molecule has 0 radical (unpaired) electrons. The molecule has 0 saturated carbocycles. The Bertz CT molecular complexity index is 736. The first kappa shape index (κ1) is 15.3. The number of fused-ring (bicyclic) bond motifs is 1. The number of aryl methyl sites for hydroxylation is 1. The lowest BCUT2D eigenvalue weighted by atomic mass is 10.1. The van der Waals surface area contributed by atoms with E-state index in [1.165, 1.54) is 22.4 Å². The smallest absolute Gasteiger partial charge is 0.296 e. The van der Waals surface area contributed by atoms with Crippen LogP contribution in [0.3, 0.4) is 0 Å². The van der Waals surface area contributed by atoms with Crippen molar-refractivity contribution < 1.29 is 0 Å². The zero-order valence-corrected chi connectivity index (χ0v) is 14.1. The average Bonchev–Trinajstić information content (AvgIpc) is 2.99. The molecule has 0 fully saturated rings. The molecule has 3 rings (SSSR count). The molecule has 2 aromatic rings. The summed E-state index contributed by atoms with van der Waals surface area (Å²) in [4.78, 5) is 16.7. The molecule has 1 heterocycles. The molecule has 0 atom stereocenters. The molecule has 0 spiro atoms. The van der Waals surface area contributed by atoms with Crippen LogP contribution in [0.4, 0.5) is 0 Å². The number of nitrogens with zero attached hydrogens (tertiary/aromatic N) is 2. The van der Waals surface area contributed by atoms with Gasteiger partial charge in [-0.2, -0.15) is 4.98 Å². The lowest BCUT2D eigenvalue weighted by Crippen LogP contribution is -2.27. The summed E-state index contributed by atoms with van der Waals surface area (Å²) < 4.78 is 1.89. The Kier molecular flexibility index (Phi) is 4.67. The predicted molar refractivity (Wildman–Crippen MR) is 91.6 cm³/mol. The van der Waals surface area contributed by atoms with Crippen LogP contribution in [0.15, 0.2) is 34.1 Å². The molecule has 4 heteroatoms. The molecule has 22 heavy (non-hydrogen) atoms. The molecule has 116 valence electrons. The summed E-state index contributed by atoms with van der Waals surface area (Å²) in [6.07, 6.45) is 4.19. The van der Waals surface area contributed by atoms with E-state index in [0.29, 0.717) is 0 Å². The van der Waals surface area contributed by atoms with Gasteiger partial charge in [-0.25, -0.2) is 4.79 Å². The van der Waals surface area contributed by atoms with Crippen molar-refractivity contribution in [3.05, 3.63) is 57.1 Å². The standard InChI is InChI=1S/C18H22N2OS/c1-3-11-20-16-10-6-9-15(16)17(19-18(20)21)22-12-14-8-5-4-7-13(14)2/h4-5,7-8H,3,6,9-12H2,1-2H3. The van der Waals surface area contributed by atoms with Crippen LogP contribution >= 0.6 is 11.8 Å². The third-order valence-electron chi connectivity index (χ3n) is 4.27. The molecule has 0 N–H and O–H groups in total. The number of hydrogen-bond donors (Lipinski definition) is 0.